The highest BCUT2D eigenvalue weighted by molar-refractivity contribution is 7.20. The molecule has 2 heteroatoms. The maximum absolute atomic E-state index is 6.98. The van der Waals surface area contributed by atoms with E-state index in [-0.39, 0.29) is 5.41 Å². The third kappa shape index (κ3) is 3.50. The standard InChI is InChI=1S/C23H29ClSi/c1-7-16-15-18-9-8-10-20(21(18)22(16)25(5,6)24)17-11-13-19(14-12-17)23(2,3)4/h8-15,22H,7H2,1-6H3. The Hall–Kier alpha value is -1.31. The van der Waals surface area contributed by atoms with Crippen LogP contribution in [0.25, 0.3) is 17.2 Å². The minimum absolute atomic E-state index is 0.182. The molecule has 0 nitrogen and oxygen atoms in total. The SMILES string of the molecule is CCC1=Cc2cccc(-c3ccc(C(C)(C)C)cc3)c2C1[Si](C)(C)Cl. The second-order valence-electron chi connectivity index (χ2n) is 8.71. The molecule has 1 aliphatic rings. The van der Waals surface area contributed by atoms with E-state index in [1.165, 1.54) is 33.4 Å². The van der Waals surface area contributed by atoms with Crippen LogP contribution in [0.4, 0.5) is 0 Å². The van der Waals surface area contributed by atoms with Gasteiger partial charge in [-0.3, -0.25) is 0 Å². The van der Waals surface area contributed by atoms with Gasteiger partial charge < -0.3 is 0 Å². The van der Waals surface area contributed by atoms with Gasteiger partial charge in [0.2, 0.25) is 0 Å². The zero-order chi connectivity index (χ0) is 18.4. The molecule has 0 heterocycles. The molecule has 0 amide bonds. The lowest BCUT2D eigenvalue weighted by Gasteiger charge is -2.28. The van der Waals surface area contributed by atoms with Gasteiger partial charge in [0, 0.05) is 5.54 Å². The molecule has 0 bridgehead atoms. The summed E-state index contributed by atoms with van der Waals surface area (Å²) in [5, 5.41) is 0. The van der Waals surface area contributed by atoms with Crippen molar-refractivity contribution in [3.63, 3.8) is 0 Å². The molecule has 1 aliphatic carbocycles. The van der Waals surface area contributed by atoms with Gasteiger partial charge in [-0.15, -0.1) is 0 Å². The van der Waals surface area contributed by atoms with Crippen LogP contribution in [0, 0.1) is 0 Å². The Kier molecular flexibility index (Phi) is 4.76. The molecule has 3 rings (SSSR count). The number of benzene rings is 2. The van der Waals surface area contributed by atoms with Gasteiger partial charge in [-0.2, -0.15) is 11.1 Å². The summed E-state index contributed by atoms with van der Waals surface area (Å²) >= 11 is 6.98. The summed E-state index contributed by atoms with van der Waals surface area (Å²) in [7, 11) is -1.86. The number of allylic oxidation sites excluding steroid dienone is 1. The molecule has 0 radical (unpaired) electrons. The molecule has 0 aliphatic heterocycles. The van der Waals surface area contributed by atoms with Crippen molar-refractivity contribution in [1.29, 1.82) is 0 Å². The van der Waals surface area contributed by atoms with E-state index in [4.69, 9.17) is 11.1 Å². The smallest absolute Gasteiger partial charge is 0.161 e. The Bertz CT molecular complexity index is 801. The van der Waals surface area contributed by atoms with Crippen molar-refractivity contribution < 1.29 is 0 Å². The summed E-state index contributed by atoms with van der Waals surface area (Å²) in [5.74, 6) is 0. The Morgan fingerprint density at radius 3 is 2.16 bits per heavy atom. The van der Waals surface area contributed by atoms with Crippen molar-refractivity contribution in [2.75, 3.05) is 0 Å². The number of fused-ring (bicyclic) bond motifs is 1. The van der Waals surface area contributed by atoms with Gasteiger partial charge in [0.25, 0.3) is 0 Å². The lowest BCUT2D eigenvalue weighted by Crippen LogP contribution is -2.29. The monoisotopic (exact) mass is 368 g/mol. The fourth-order valence-electron chi connectivity index (χ4n) is 3.99. The first-order chi connectivity index (χ1) is 11.6. The number of hydrogen-bond acceptors (Lipinski definition) is 0. The highest BCUT2D eigenvalue weighted by Gasteiger charge is 2.39. The molecular weight excluding hydrogens is 340 g/mol. The molecule has 1 unspecified atom stereocenters. The fourth-order valence-corrected chi connectivity index (χ4v) is 6.92. The maximum atomic E-state index is 6.98. The largest absolute Gasteiger partial charge is 0.167 e. The summed E-state index contributed by atoms with van der Waals surface area (Å²) in [6.07, 6.45) is 3.45. The van der Waals surface area contributed by atoms with E-state index in [0.29, 0.717) is 5.54 Å². The average Bonchev–Trinajstić information content (AvgIpc) is 2.93. The highest BCUT2D eigenvalue weighted by atomic mass is 35.6. The Morgan fingerprint density at radius 1 is 1.00 bits per heavy atom. The molecule has 2 aromatic rings. The predicted octanol–water partition coefficient (Wildman–Crippen LogP) is 7.52. The van der Waals surface area contributed by atoms with Crippen LogP contribution in [0.2, 0.25) is 13.1 Å². The van der Waals surface area contributed by atoms with Crippen molar-refractivity contribution in [1.82, 2.24) is 0 Å². The minimum atomic E-state index is -1.86. The quantitative estimate of drug-likeness (QED) is 0.388. The summed E-state index contributed by atoms with van der Waals surface area (Å²) in [6, 6.07) is 15.8. The summed E-state index contributed by atoms with van der Waals surface area (Å²) in [4.78, 5) is 0. The number of halogens is 1. The van der Waals surface area contributed by atoms with E-state index in [0.717, 1.165) is 6.42 Å². The van der Waals surface area contributed by atoms with Gasteiger partial charge in [-0.05, 0) is 39.7 Å². The molecule has 0 saturated carbocycles. The zero-order valence-corrected chi connectivity index (χ0v) is 18.0. The molecule has 2 aromatic carbocycles. The third-order valence-electron chi connectivity index (χ3n) is 5.30. The van der Waals surface area contributed by atoms with Crippen LogP contribution in [0.1, 0.15) is 56.3 Å². The van der Waals surface area contributed by atoms with Gasteiger partial charge in [0.1, 0.15) is 0 Å². The summed E-state index contributed by atoms with van der Waals surface area (Å²) < 4.78 is 0. The van der Waals surface area contributed by atoms with Crippen molar-refractivity contribution in [3.05, 3.63) is 64.7 Å². The third-order valence-corrected chi connectivity index (χ3v) is 7.98. The van der Waals surface area contributed by atoms with Crippen LogP contribution in [-0.2, 0) is 5.41 Å². The first kappa shape index (κ1) is 18.5. The Morgan fingerprint density at radius 2 is 1.64 bits per heavy atom. The van der Waals surface area contributed by atoms with Gasteiger partial charge >= 0.3 is 0 Å². The van der Waals surface area contributed by atoms with Crippen LogP contribution < -0.4 is 0 Å². The van der Waals surface area contributed by atoms with Gasteiger partial charge in [-0.1, -0.05) is 94.9 Å². The topological polar surface area (TPSA) is 0 Å². The predicted molar refractivity (Wildman–Crippen MR) is 115 cm³/mol. The highest BCUT2D eigenvalue weighted by Crippen LogP contribution is 2.48. The number of hydrogen-bond donors (Lipinski definition) is 0. The van der Waals surface area contributed by atoms with Crippen LogP contribution in [-0.4, -0.2) is 7.38 Å². The lowest BCUT2D eigenvalue weighted by molar-refractivity contribution is 0.590. The fraction of sp³-hybridized carbons (Fsp3) is 0.391. The average molecular weight is 369 g/mol. The lowest BCUT2D eigenvalue weighted by atomic mass is 9.85. The van der Waals surface area contributed by atoms with E-state index in [1.807, 2.05) is 0 Å². The first-order valence-corrected chi connectivity index (χ1v) is 13.3. The van der Waals surface area contributed by atoms with Gasteiger partial charge in [0.05, 0.1) is 0 Å². The minimum Gasteiger partial charge on any atom is -0.167 e. The Balaban J connectivity index is 2.12. The molecule has 0 spiro atoms. The number of rotatable bonds is 3. The molecule has 25 heavy (non-hydrogen) atoms. The normalized spacial score (nSPS) is 17.4. The van der Waals surface area contributed by atoms with Gasteiger partial charge in [-0.25, -0.2) is 0 Å². The summed E-state index contributed by atoms with van der Waals surface area (Å²) in [5.41, 5.74) is 8.93. The van der Waals surface area contributed by atoms with E-state index in [2.05, 4.69) is 89.3 Å². The molecular formula is C23H29ClSi. The van der Waals surface area contributed by atoms with Crippen LogP contribution in [0.3, 0.4) is 0 Å². The van der Waals surface area contributed by atoms with Crippen LogP contribution >= 0.6 is 11.1 Å². The molecule has 0 fully saturated rings. The van der Waals surface area contributed by atoms with Crippen molar-refractivity contribution in [2.24, 2.45) is 0 Å². The van der Waals surface area contributed by atoms with E-state index in [9.17, 15) is 0 Å². The second-order valence-corrected chi connectivity index (χ2v) is 15.3. The molecule has 132 valence electrons. The summed E-state index contributed by atoms with van der Waals surface area (Å²) in [6.45, 7) is 13.6. The van der Waals surface area contributed by atoms with Crippen molar-refractivity contribution >= 4 is 24.5 Å². The van der Waals surface area contributed by atoms with E-state index in [1.54, 1.807) is 0 Å². The maximum Gasteiger partial charge on any atom is 0.161 e. The second kappa shape index (κ2) is 6.45. The molecule has 0 aromatic heterocycles. The van der Waals surface area contributed by atoms with Crippen LogP contribution in [0.15, 0.2) is 48.0 Å². The van der Waals surface area contributed by atoms with Crippen LogP contribution in [0.5, 0.6) is 0 Å². The zero-order valence-electron chi connectivity index (χ0n) is 16.3. The van der Waals surface area contributed by atoms with Gasteiger partial charge in [0.15, 0.2) is 7.38 Å². The van der Waals surface area contributed by atoms with Crippen molar-refractivity contribution in [3.8, 4) is 11.1 Å². The van der Waals surface area contributed by atoms with E-state index >= 15 is 0 Å². The van der Waals surface area contributed by atoms with E-state index < -0.39 is 7.38 Å². The molecule has 0 N–H and O–H groups in total. The molecule has 0 saturated heterocycles. The molecule has 1 atom stereocenters. The van der Waals surface area contributed by atoms with Crippen molar-refractivity contribution in [2.45, 2.75) is 58.2 Å². The first-order valence-electron chi connectivity index (χ1n) is 9.26. The Labute approximate surface area is 158 Å².